The minimum atomic E-state index is -4.84. The molecule has 4 N–H and O–H groups in total. The zero-order chi connectivity index (χ0) is 40.6. The Morgan fingerprint density at radius 1 is 0.782 bits per heavy atom. The zero-order valence-electron chi connectivity index (χ0n) is 33.0. The van der Waals surface area contributed by atoms with Crippen LogP contribution in [0.3, 0.4) is 0 Å². The van der Waals surface area contributed by atoms with Gasteiger partial charge in [-0.25, -0.2) is 4.57 Å². The van der Waals surface area contributed by atoms with E-state index in [1.165, 1.54) is 0 Å². The molecule has 0 aliphatic heterocycles. The first-order valence-corrected chi connectivity index (χ1v) is 21.5. The summed E-state index contributed by atoms with van der Waals surface area (Å²) in [6.07, 6.45) is 36.8. The molecule has 0 radical (unpaired) electrons. The van der Waals surface area contributed by atoms with Crippen molar-refractivity contribution in [3.8, 4) is 0 Å². The van der Waals surface area contributed by atoms with Crippen LogP contribution in [0.15, 0.2) is 85.1 Å². The average molecular weight is 791 g/mol. The summed E-state index contributed by atoms with van der Waals surface area (Å²) in [5.41, 5.74) is 0. The fraction of sp³-hybridized carbons (Fsp3) is 0.605. The Balaban J connectivity index is 2.36. The second kappa shape index (κ2) is 32.0. The number of ketones is 1. The number of allylic oxidation sites excluding steroid dienone is 12. The molecule has 1 saturated carbocycles. The third kappa shape index (κ3) is 28.0. The van der Waals surface area contributed by atoms with Crippen LogP contribution in [0, 0.1) is 11.8 Å². The van der Waals surface area contributed by atoms with E-state index in [2.05, 4.69) is 67.0 Å². The van der Waals surface area contributed by atoms with Gasteiger partial charge in [-0.15, -0.1) is 0 Å². The van der Waals surface area contributed by atoms with Gasteiger partial charge in [0.25, 0.3) is 0 Å². The quantitative estimate of drug-likeness (QED) is 0.0229. The molecule has 0 aromatic carbocycles. The third-order valence-corrected chi connectivity index (χ3v) is 9.25. The van der Waals surface area contributed by atoms with Gasteiger partial charge in [-0.3, -0.25) is 18.9 Å². The molecule has 0 aromatic rings. The summed E-state index contributed by atoms with van der Waals surface area (Å²) in [7, 11) is -4.84. The maximum Gasteiger partial charge on any atom is 0.469 e. The summed E-state index contributed by atoms with van der Waals surface area (Å²) in [4.78, 5) is 55.4. The monoisotopic (exact) mass is 790 g/mol. The average Bonchev–Trinajstić information content (AvgIpc) is 3.41. The Labute approximate surface area is 329 Å². The van der Waals surface area contributed by atoms with Crippen molar-refractivity contribution >= 4 is 25.5 Å². The van der Waals surface area contributed by atoms with Crippen molar-refractivity contribution in [3.63, 3.8) is 0 Å². The molecule has 1 rings (SSSR count). The number of aliphatic hydroxyl groups excluding tert-OH is 2. The van der Waals surface area contributed by atoms with Crippen molar-refractivity contribution in [1.82, 2.24) is 0 Å². The molecule has 0 bridgehead atoms. The van der Waals surface area contributed by atoms with Gasteiger partial charge in [0.15, 0.2) is 6.10 Å². The second-order valence-electron chi connectivity index (χ2n) is 13.7. The number of unbranched alkanes of at least 4 members (excludes halogenated alkanes) is 4. The van der Waals surface area contributed by atoms with Crippen LogP contribution in [0.5, 0.6) is 0 Å². The van der Waals surface area contributed by atoms with Gasteiger partial charge in [0.1, 0.15) is 12.4 Å². The first-order valence-electron chi connectivity index (χ1n) is 20.0. The van der Waals surface area contributed by atoms with Gasteiger partial charge in [0.2, 0.25) is 0 Å². The molecule has 1 aliphatic rings. The molecule has 12 heteroatoms. The molecule has 0 unspecified atom stereocenters. The summed E-state index contributed by atoms with van der Waals surface area (Å²) in [5.74, 6) is -1.90. The van der Waals surface area contributed by atoms with Gasteiger partial charge < -0.3 is 29.5 Å². The van der Waals surface area contributed by atoms with Crippen LogP contribution < -0.4 is 0 Å². The van der Waals surface area contributed by atoms with Crippen LogP contribution in [-0.4, -0.2) is 69.2 Å². The number of Topliss-reactive ketones (excluding diaryl/α,β-unsaturated/α-hetero) is 1. The molecule has 5 atom stereocenters. The van der Waals surface area contributed by atoms with E-state index in [1.54, 1.807) is 12.2 Å². The summed E-state index contributed by atoms with van der Waals surface area (Å²) >= 11 is 0. The molecule has 0 heterocycles. The Hall–Kier alpha value is -3.18. The van der Waals surface area contributed by atoms with Gasteiger partial charge in [0, 0.05) is 31.1 Å². The van der Waals surface area contributed by atoms with E-state index in [4.69, 9.17) is 19.3 Å². The van der Waals surface area contributed by atoms with E-state index in [9.17, 15) is 29.2 Å². The third-order valence-electron chi connectivity index (χ3n) is 8.77. The molecule has 55 heavy (non-hydrogen) atoms. The molecule has 0 amide bonds. The summed E-state index contributed by atoms with van der Waals surface area (Å²) < 4.78 is 26.2. The maximum atomic E-state index is 12.5. The number of aliphatic hydroxyl groups is 2. The minimum absolute atomic E-state index is 0.0147. The minimum Gasteiger partial charge on any atom is -0.462 e. The second-order valence-corrected chi connectivity index (χ2v) is 14.9. The smallest absolute Gasteiger partial charge is 0.462 e. The number of carbonyl (C=O) groups is 3. The lowest BCUT2D eigenvalue weighted by molar-refractivity contribution is -0.161. The highest BCUT2D eigenvalue weighted by Gasteiger charge is 2.39. The number of phosphoric ester groups is 1. The highest BCUT2D eigenvalue weighted by molar-refractivity contribution is 7.46. The molecule has 0 aromatic heterocycles. The first kappa shape index (κ1) is 49.8. The summed E-state index contributed by atoms with van der Waals surface area (Å²) in [5, 5.41) is 20.6. The normalized spacial score (nSPS) is 19.5. The van der Waals surface area contributed by atoms with Gasteiger partial charge in [-0.1, -0.05) is 118 Å². The maximum absolute atomic E-state index is 12.5. The molecule has 1 aliphatic carbocycles. The Morgan fingerprint density at radius 3 is 1.93 bits per heavy atom. The van der Waals surface area contributed by atoms with Crippen LogP contribution in [-0.2, 0) is 32.9 Å². The van der Waals surface area contributed by atoms with E-state index < -0.39 is 51.3 Å². The summed E-state index contributed by atoms with van der Waals surface area (Å²) in [6.45, 7) is 3.17. The summed E-state index contributed by atoms with van der Waals surface area (Å²) in [6, 6.07) is 0. The molecular formula is C43H67O11P. The molecular weight excluding hydrogens is 723 g/mol. The number of hydrogen-bond acceptors (Lipinski definition) is 9. The lowest BCUT2D eigenvalue weighted by atomic mass is 9.90. The number of carbonyl (C=O) groups excluding carboxylic acids is 3. The van der Waals surface area contributed by atoms with E-state index in [0.717, 1.165) is 51.4 Å². The lowest BCUT2D eigenvalue weighted by Gasteiger charge is -2.18. The van der Waals surface area contributed by atoms with Crippen LogP contribution >= 0.6 is 7.82 Å². The van der Waals surface area contributed by atoms with Crippen molar-refractivity contribution in [1.29, 1.82) is 0 Å². The predicted octanol–water partition coefficient (Wildman–Crippen LogP) is 8.65. The van der Waals surface area contributed by atoms with Gasteiger partial charge in [-0.2, -0.15) is 0 Å². The SMILES string of the molecule is CC/C=C\C/C=C\C/C=C\C/C=C\C/C=C\CCCC(=O)O[C@H](COC(=O)CCC/C=C\C[C@H]1C(=O)C[C@@H](O)[C@@H]1/C=C/[C@@H](O)CCCCC)COP(=O)(O)O. The fourth-order valence-corrected chi connectivity index (χ4v) is 6.10. The molecule has 310 valence electrons. The lowest BCUT2D eigenvalue weighted by Crippen LogP contribution is -2.29. The van der Waals surface area contributed by atoms with Crippen LogP contribution in [0.2, 0.25) is 0 Å². The number of esters is 2. The van der Waals surface area contributed by atoms with Crippen LogP contribution in [0.25, 0.3) is 0 Å². The number of ether oxygens (including phenoxy) is 2. The van der Waals surface area contributed by atoms with Crippen LogP contribution in [0.4, 0.5) is 0 Å². The van der Waals surface area contributed by atoms with E-state index in [-0.39, 0.29) is 36.9 Å². The van der Waals surface area contributed by atoms with Crippen molar-refractivity contribution in [2.75, 3.05) is 13.2 Å². The molecule has 0 saturated heterocycles. The Kier molecular flexibility index (Phi) is 29.0. The van der Waals surface area contributed by atoms with Crippen molar-refractivity contribution in [2.45, 2.75) is 141 Å². The Morgan fingerprint density at radius 2 is 1.35 bits per heavy atom. The van der Waals surface area contributed by atoms with E-state index in [0.29, 0.717) is 38.5 Å². The predicted molar refractivity (Wildman–Crippen MR) is 217 cm³/mol. The van der Waals surface area contributed by atoms with Gasteiger partial charge in [0.05, 0.1) is 18.8 Å². The molecule has 0 spiro atoms. The fourth-order valence-electron chi connectivity index (χ4n) is 5.74. The molecule has 1 fully saturated rings. The van der Waals surface area contributed by atoms with Crippen LogP contribution in [0.1, 0.15) is 123 Å². The van der Waals surface area contributed by atoms with E-state index >= 15 is 0 Å². The topological polar surface area (TPSA) is 177 Å². The zero-order valence-corrected chi connectivity index (χ0v) is 33.9. The first-order chi connectivity index (χ1) is 26.5. The van der Waals surface area contributed by atoms with Gasteiger partial charge >= 0.3 is 19.8 Å². The van der Waals surface area contributed by atoms with E-state index in [1.807, 2.05) is 24.3 Å². The van der Waals surface area contributed by atoms with Crippen molar-refractivity contribution in [2.24, 2.45) is 11.8 Å². The van der Waals surface area contributed by atoms with Crippen molar-refractivity contribution < 1.29 is 52.9 Å². The molecule has 11 nitrogen and oxygen atoms in total. The number of hydrogen-bond donors (Lipinski definition) is 4. The van der Waals surface area contributed by atoms with Gasteiger partial charge in [-0.05, 0) is 70.6 Å². The highest BCUT2D eigenvalue weighted by Crippen LogP contribution is 2.36. The number of rotatable bonds is 31. The van der Waals surface area contributed by atoms with Crippen molar-refractivity contribution in [3.05, 3.63) is 85.1 Å². The Bertz CT molecular complexity index is 1320. The standard InChI is InChI=1S/C43H67O11P/c1-3-5-7-8-9-10-11-12-13-14-15-16-17-18-19-20-26-30-43(48)54-37(35-53-55(49,50)51)34-52-42(47)29-25-22-21-24-28-38-39(41(46)33-40(38)45)32-31-36(44)27-23-6-4-2/h5,7,9-10,12-13,15-16,18-19,21,24,31-32,36-39,41,44,46H,3-4,6,8,11,14,17,20,22-23,25-30,33-35H2,1-2H3,(H2,49,50,51)/b7-5-,10-9-,13-12-,16-15-,19-18-,24-21-,32-31+/t36-,37+,38+,39+,41+/m0/s1. The number of phosphoric acid groups is 1. The largest absolute Gasteiger partial charge is 0.469 e. The highest BCUT2D eigenvalue weighted by atomic mass is 31.2.